The maximum Gasteiger partial charge on any atom is 0.288 e. The van der Waals surface area contributed by atoms with Gasteiger partial charge in [0.2, 0.25) is 0 Å². The molecule has 0 saturated carbocycles. The summed E-state index contributed by atoms with van der Waals surface area (Å²) in [5.41, 5.74) is 3.38. The number of hydrogen-bond acceptors (Lipinski definition) is 3. The van der Waals surface area contributed by atoms with Crippen molar-refractivity contribution in [3.05, 3.63) is 59.7 Å². The van der Waals surface area contributed by atoms with E-state index in [4.69, 9.17) is 0 Å². The first kappa shape index (κ1) is 14.7. The predicted octanol–water partition coefficient (Wildman–Crippen LogP) is 5.40. The molecule has 0 bridgehead atoms. The van der Waals surface area contributed by atoms with Crippen LogP contribution in [0.2, 0.25) is 0 Å². The van der Waals surface area contributed by atoms with E-state index in [9.17, 15) is 8.78 Å². The van der Waals surface area contributed by atoms with Crippen LogP contribution in [-0.4, -0.2) is 11.5 Å². The van der Waals surface area contributed by atoms with Crippen LogP contribution in [-0.2, 0) is 5.75 Å². The van der Waals surface area contributed by atoms with Crippen molar-refractivity contribution in [1.82, 2.24) is 0 Å². The molecule has 1 atom stereocenters. The Morgan fingerprint density at radius 2 is 1.86 bits per heavy atom. The Bertz CT molecular complexity index is 619. The van der Waals surface area contributed by atoms with Gasteiger partial charge in [0.25, 0.3) is 5.76 Å². The van der Waals surface area contributed by atoms with Crippen molar-refractivity contribution >= 4 is 29.2 Å². The summed E-state index contributed by atoms with van der Waals surface area (Å²) in [6, 6.07) is 15.8. The summed E-state index contributed by atoms with van der Waals surface area (Å²) in [6.07, 6.45) is 0. The van der Waals surface area contributed by atoms with E-state index >= 15 is 0 Å². The summed E-state index contributed by atoms with van der Waals surface area (Å²) in [4.78, 5) is 0.598. The van der Waals surface area contributed by atoms with Crippen LogP contribution in [0.4, 0.5) is 14.5 Å². The summed E-state index contributed by atoms with van der Waals surface area (Å²) in [5, 5.41) is 3.44. The lowest BCUT2D eigenvalue weighted by Crippen LogP contribution is -2.19. The van der Waals surface area contributed by atoms with E-state index in [0.29, 0.717) is 16.7 Å². The zero-order valence-corrected chi connectivity index (χ0v) is 12.9. The molecule has 0 aromatic heterocycles. The standard InChI is InChI=1S/C16H15F2NS2/c17-16(18)21-15-8-4-3-7-13(15)19-14-10-20-9-11-5-1-2-6-12(11)14/h1-8,14,16,19H,9-10H2. The molecule has 110 valence electrons. The number of alkyl halides is 2. The van der Waals surface area contributed by atoms with Crippen molar-refractivity contribution in [2.24, 2.45) is 0 Å². The lowest BCUT2D eigenvalue weighted by Gasteiger charge is -2.27. The average molecular weight is 323 g/mol. The van der Waals surface area contributed by atoms with Crippen molar-refractivity contribution < 1.29 is 8.78 Å². The molecule has 1 unspecified atom stereocenters. The van der Waals surface area contributed by atoms with Crippen molar-refractivity contribution in [1.29, 1.82) is 0 Å². The Morgan fingerprint density at radius 3 is 2.71 bits per heavy atom. The van der Waals surface area contributed by atoms with E-state index < -0.39 is 5.76 Å². The van der Waals surface area contributed by atoms with Gasteiger partial charge in [-0.3, -0.25) is 0 Å². The van der Waals surface area contributed by atoms with Crippen LogP contribution < -0.4 is 5.32 Å². The number of nitrogens with one attached hydrogen (secondary N) is 1. The van der Waals surface area contributed by atoms with Gasteiger partial charge in [-0.2, -0.15) is 20.5 Å². The van der Waals surface area contributed by atoms with E-state index in [1.807, 2.05) is 36.0 Å². The second kappa shape index (κ2) is 6.71. The Hall–Kier alpha value is -1.20. The second-order valence-corrected chi connectivity index (χ2v) is 6.85. The number of halogens is 2. The number of anilines is 1. The minimum absolute atomic E-state index is 0.166. The third kappa shape index (κ3) is 3.52. The SMILES string of the molecule is FC(F)Sc1ccccc1NC1CSCc2ccccc21. The Balaban J connectivity index is 1.85. The largest absolute Gasteiger partial charge is 0.376 e. The molecule has 1 N–H and O–H groups in total. The molecule has 21 heavy (non-hydrogen) atoms. The molecule has 1 heterocycles. The van der Waals surface area contributed by atoms with Gasteiger partial charge >= 0.3 is 0 Å². The lowest BCUT2D eigenvalue weighted by atomic mass is 10.0. The maximum atomic E-state index is 12.6. The molecule has 0 saturated heterocycles. The number of benzene rings is 2. The van der Waals surface area contributed by atoms with E-state index in [-0.39, 0.29) is 6.04 Å². The van der Waals surface area contributed by atoms with Gasteiger partial charge in [0.15, 0.2) is 0 Å². The number of hydrogen-bond donors (Lipinski definition) is 1. The van der Waals surface area contributed by atoms with Gasteiger partial charge in [0, 0.05) is 22.1 Å². The molecular formula is C16H15F2NS2. The number of fused-ring (bicyclic) bond motifs is 1. The summed E-state index contributed by atoms with van der Waals surface area (Å²) in [6.45, 7) is 0. The van der Waals surface area contributed by atoms with Gasteiger partial charge in [0.05, 0.1) is 6.04 Å². The third-order valence-corrected chi connectivity index (χ3v) is 5.28. The minimum atomic E-state index is -2.40. The predicted molar refractivity (Wildman–Crippen MR) is 87.3 cm³/mol. The van der Waals surface area contributed by atoms with Crippen molar-refractivity contribution in [3.8, 4) is 0 Å². The highest BCUT2D eigenvalue weighted by atomic mass is 32.2. The smallest absolute Gasteiger partial charge is 0.288 e. The molecule has 1 nitrogen and oxygen atoms in total. The van der Waals surface area contributed by atoms with Crippen LogP contribution in [0.1, 0.15) is 17.2 Å². The first-order valence-electron chi connectivity index (χ1n) is 6.70. The number of thioether (sulfide) groups is 2. The molecule has 0 radical (unpaired) electrons. The molecule has 0 spiro atoms. The highest BCUT2D eigenvalue weighted by Crippen LogP contribution is 2.37. The molecule has 3 rings (SSSR count). The minimum Gasteiger partial charge on any atom is -0.376 e. The van der Waals surface area contributed by atoms with Crippen LogP contribution >= 0.6 is 23.5 Å². The Labute approximate surface area is 131 Å². The number of rotatable bonds is 4. The first-order chi connectivity index (χ1) is 10.2. The quantitative estimate of drug-likeness (QED) is 0.757. The van der Waals surface area contributed by atoms with Crippen molar-refractivity contribution in [3.63, 3.8) is 0 Å². The Kier molecular flexibility index (Phi) is 4.70. The van der Waals surface area contributed by atoms with Crippen LogP contribution in [0.25, 0.3) is 0 Å². The topological polar surface area (TPSA) is 12.0 Å². The van der Waals surface area contributed by atoms with Crippen molar-refractivity contribution in [2.45, 2.75) is 22.4 Å². The summed E-state index contributed by atoms with van der Waals surface area (Å²) in [7, 11) is 0. The van der Waals surface area contributed by atoms with Crippen LogP contribution in [0.3, 0.4) is 0 Å². The summed E-state index contributed by atoms with van der Waals surface area (Å²) in [5.74, 6) is -0.437. The highest BCUT2D eigenvalue weighted by molar-refractivity contribution is 7.99. The maximum absolute atomic E-state index is 12.6. The summed E-state index contributed by atoms with van der Waals surface area (Å²) < 4.78 is 25.3. The van der Waals surface area contributed by atoms with Crippen LogP contribution in [0.5, 0.6) is 0 Å². The fourth-order valence-corrected chi connectivity index (χ4v) is 4.18. The second-order valence-electron chi connectivity index (χ2n) is 4.79. The first-order valence-corrected chi connectivity index (χ1v) is 8.73. The monoisotopic (exact) mass is 323 g/mol. The fourth-order valence-electron chi connectivity index (χ4n) is 2.47. The number of para-hydroxylation sites is 1. The van der Waals surface area contributed by atoms with Crippen LogP contribution in [0, 0.1) is 0 Å². The molecule has 1 aliphatic rings. The lowest BCUT2D eigenvalue weighted by molar-refractivity contribution is 0.252. The highest BCUT2D eigenvalue weighted by Gasteiger charge is 2.21. The van der Waals surface area contributed by atoms with E-state index in [1.54, 1.807) is 12.1 Å². The zero-order chi connectivity index (χ0) is 14.7. The van der Waals surface area contributed by atoms with Gasteiger partial charge in [-0.1, -0.05) is 48.2 Å². The molecule has 5 heteroatoms. The van der Waals surface area contributed by atoms with E-state index in [0.717, 1.165) is 17.2 Å². The molecule has 0 aliphatic carbocycles. The molecule has 0 amide bonds. The molecular weight excluding hydrogens is 308 g/mol. The van der Waals surface area contributed by atoms with Gasteiger partial charge in [-0.05, 0) is 23.3 Å². The van der Waals surface area contributed by atoms with Crippen molar-refractivity contribution in [2.75, 3.05) is 11.1 Å². The molecule has 0 fully saturated rings. The normalized spacial score (nSPS) is 17.6. The zero-order valence-electron chi connectivity index (χ0n) is 11.3. The van der Waals surface area contributed by atoms with Gasteiger partial charge < -0.3 is 5.32 Å². The molecule has 2 aromatic rings. The third-order valence-electron chi connectivity index (χ3n) is 3.41. The molecule has 1 aliphatic heterocycles. The van der Waals surface area contributed by atoms with E-state index in [1.165, 1.54) is 11.1 Å². The Morgan fingerprint density at radius 1 is 1.10 bits per heavy atom. The van der Waals surface area contributed by atoms with Gasteiger partial charge in [0.1, 0.15) is 0 Å². The van der Waals surface area contributed by atoms with E-state index in [2.05, 4.69) is 17.4 Å². The molecule has 2 aromatic carbocycles. The summed E-state index contributed by atoms with van der Waals surface area (Å²) >= 11 is 2.46. The fraction of sp³-hybridized carbons (Fsp3) is 0.250. The average Bonchev–Trinajstić information content (AvgIpc) is 2.49. The van der Waals surface area contributed by atoms with Gasteiger partial charge in [-0.25, -0.2) is 0 Å². The van der Waals surface area contributed by atoms with Crippen LogP contribution in [0.15, 0.2) is 53.4 Å². The van der Waals surface area contributed by atoms with Gasteiger partial charge in [-0.15, -0.1) is 0 Å².